The van der Waals surface area contributed by atoms with Crippen LogP contribution < -0.4 is 5.32 Å². The standard InChI is InChI=1S/C16H18N2O4/c1-11(20)22-9-5-8-17-16(21)15-13(10-19)12-6-3-4-7-14(12)18(15)2/h3-4,6-7,10H,5,8-9H2,1-2H3,(H,17,21). The number of benzene rings is 1. The van der Waals surface area contributed by atoms with E-state index >= 15 is 0 Å². The SMILES string of the molecule is CC(=O)OCCCNC(=O)c1c(C=O)c2ccccc2n1C. The lowest BCUT2D eigenvalue weighted by atomic mass is 10.1. The van der Waals surface area contributed by atoms with Crippen molar-refractivity contribution < 1.29 is 19.1 Å². The second kappa shape index (κ2) is 6.89. The Hall–Kier alpha value is -2.63. The molecule has 1 amide bonds. The summed E-state index contributed by atoms with van der Waals surface area (Å²) in [7, 11) is 1.75. The molecule has 0 spiro atoms. The second-order valence-corrected chi connectivity index (χ2v) is 4.91. The molecule has 0 aliphatic rings. The first kappa shape index (κ1) is 15.8. The Labute approximate surface area is 128 Å². The second-order valence-electron chi connectivity index (χ2n) is 4.91. The van der Waals surface area contributed by atoms with Crippen molar-refractivity contribution in [2.75, 3.05) is 13.2 Å². The normalized spacial score (nSPS) is 10.5. The van der Waals surface area contributed by atoms with Gasteiger partial charge in [-0.25, -0.2) is 0 Å². The molecule has 22 heavy (non-hydrogen) atoms. The number of aromatic nitrogens is 1. The van der Waals surface area contributed by atoms with Crippen molar-refractivity contribution >= 4 is 29.1 Å². The van der Waals surface area contributed by atoms with Crippen molar-refractivity contribution in [3.63, 3.8) is 0 Å². The number of hydrogen-bond donors (Lipinski definition) is 1. The molecule has 1 aromatic carbocycles. The summed E-state index contributed by atoms with van der Waals surface area (Å²) < 4.78 is 6.50. The van der Waals surface area contributed by atoms with Gasteiger partial charge in [-0.2, -0.15) is 0 Å². The van der Waals surface area contributed by atoms with Gasteiger partial charge in [-0.15, -0.1) is 0 Å². The van der Waals surface area contributed by atoms with E-state index in [9.17, 15) is 14.4 Å². The monoisotopic (exact) mass is 302 g/mol. The Morgan fingerprint density at radius 1 is 1.32 bits per heavy atom. The lowest BCUT2D eigenvalue weighted by Crippen LogP contribution is -2.28. The maximum absolute atomic E-state index is 12.3. The van der Waals surface area contributed by atoms with Crippen LogP contribution in [0.25, 0.3) is 10.9 Å². The molecule has 0 saturated carbocycles. The molecule has 116 valence electrons. The summed E-state index contributed by atoms with van der Waals surface area (Å²) in [6.07, 6.45) is 1.22. The van der Waals surface area contributed by atoms with Gasteiger partial charge in [0.15, 0.2) is 6.29 Å². The molecule has 0 bridgehead atoms. The maximum atomic E-state index is 12.3. The Morgan fingerprint density at radius 2 is 2.05 bits per heavy atom. The largest absolute Gasteiger partial charge is 0.466 e. The summed E-state index contributed by atoms with van der Waals surface area (Å²) in [6, 6.07) is 7.37. The highest BCUT2D eigenvalue weighted by Gasteiger charge is 2.19. The molecule has 1 heterocycles. The van der Waals surface area contributed by atoms with Crippen LogP contribution >= 0.6 is 0 Å². The fraction of sp³-hybridized carbons (Fsp3) is 0.312. The number of nitrogens with one attached hydrogen (secondary N) is 1. The molecule has 0 fully saturated rings. The molecule has 6 nitrogen and oxygen atoms in total. The molecular formula is C16H18N2O4. The Balaban J connectivity index is 2.13. The summed E-state index contributed by atoms with van der Waals surface area (Å²) in [5, 5.41) is 3.49. The summed E-state index contributed by atoms with van der Waals surface area (Å²) in [5.41, 5.74) is 1.55. The van der Waals surface area contributed by atoms with Gasteiger partial charge in [0.1, 0.15) is 5.69 Å². The lowest BCUT2D eigenvalue weighted by molar-refractivity contribution is -0.140. The smallest absolute Gasteiger partial charge is 0.302 e. The van der Waals surface area contributed by atoms with Crippen molar-refractivity contribution in [1.29, 1.82) is 0 Å². The van der Waals surface area contributed by atoms with Crippen LogP contribution in [-0.4, -0.2) is 35.9 Å². The average molecular weight is 302 g/mol. The summed E-state index contributed by atoms with van der Waals surface area (Å²) in [5.74, 6) is -0.660. The molecule has 0 unspecified atom stereocenters. The van der Waals surface area contributed by atoms with E-state index in [1.54, 1.807) is 11.6 Å². The molecule has 1 aromatic heterocycles. The molecule has 0 saturated heterocycles. The Morgan fingerprint density at radius 3 is 2.73 bits per heavy atom. The number of amides is 1. The van der Waals surface area contributed by atoms with Gasteiger partial charge in [-0.3, -0.25) is 14.4 Å². The predicted molar refractivity (Wildman–Crippen MR) is 81.9 cm³/mol. The molecule has 6 heteroatoms. The fourth-order valence-corrected chi connectivity index (χ4v) is 2.39. The van der Waals surface area contributed by atoms with Gasteiger partial charge < -0.3 is 14.6 Å². The third-order valence-corrected chi connectivity index (χ3v) is 3.39. The highest BCUT2D eigenvalue weighted by molar-refractivity contribution is 6.10. The zero-order valence-electron chi connectivity index (χ0n) is 12.6. The van der Waals surface area contributed by atoms with E-state index in [0.717, 1.165) is 10.9 Å². The minimum absolute atomic E-state index is 0.255. The zero-order valence-corrected chi connectivity index (χ0v) is 12.6. The van der Waals surface area contributed by atoms with E-state index in [2.05, 4.69) is 5.32 Å². The molecule has 0 aliphatic carbocycles. The summed E-state index contributed by atoms with van der Waals surface area (Å²) in [6.45, 7) is 1.96. The van der Waals surface area contributed by atoms with Crippen LogP contribution in [0.3, 0.4) is 0 Å². The van der Waals surface area contributed by atoms with Gasteiger partial charge in [-0.05, 0) is 12.5 Å². The number of fused-ring (bicyclic) bond motifs is 1. The number of ether oxygens (including phenoxy) is 1. The molecule has 1 N–H and O–H groups in total. The first-order valence-electron chi connectivity index (χ1n) is 7.00. The number of nitrogens with zero attached hydrogens (tertiary/aromatic N) is 1. The average Bonchev–Trinajstić information content (AvgIpc) is 2.79. The topological polar surface area (TPSA) is 77.4 Å². The van der Waals surface area contributed by atoms with E-state index in [0.29, 0.717) is 30.5 Å². The van der Waals surface area contributed by atoms with Crippen molar-refractivity contribution in [2.45, 2.75) is 13.3 Å². The first-order valence-corrected chi connectivity index (χ1v) is 7.00. The highest BCUT2D eigenvalue weighted by Crippen LogP contribution is 2.23. The van der Waals surface area contributed by atoms with Crippen molar-refractivity contribution in [3.8, 4) is 0 Å². The zero-order chi connectivity index (χ0) is 16.1. The van der Waals surface area contributed by atoms with E-state index in [1.807, 2.05) is 24.3 Å². The van der Waals surface area contributed by atoms with E-state index in [4.69, 9.17) is 4.74 Å². The molecule has 2 aromatic rings. The van der Waals surface area contributed by atoms with E-state index < -0.39 is 0 Å². The predicted octanol–water partition coefficient (Wildman–Crippen LogP) is 1.67. The van der Waals surface area contributed by atoms with Crippen LogP contribution in [0.5, 0.6) is 0 Å². The number of para-hydroxylation sites is 1. The Bertz CT molecular complexity index is 718. The third-order valence-electron chi connectivity index (χ3n) is 3.39. The number of hydrogen-bond acceptors (Lipinski definition) is 4. The maximum Gasteiger partial charge on any atom is 0.302 e. The van der Waals surface area contributed by atoms with Gasteiger partial charge in [0.25, 0.3) is 5.91 Å². The molecule has 0 radical (unpaired) electrons. The molecule has 2 rings (SSSR count). The quantitative estimate of drug-likeness (QED) is 0.500. The van der Waals surface area contributed by atoms with Crippen LogP contribution in [0.1, 0.15) is 34.2 Å². The van der Waals surface area contributed by atoms with Crippen LogP contribution in [-0.2, 0) is 16.6 Å². The van der Waals surface area contributed by atoms with Crippen molar-refractivity contribution in [1.82, 2.24) is 9.88 Å². The van der Waals surface area contributed by atoms with Crippen LogP contribution in [0.15, 0.2) is 24.3 Å². The first-order chi connectivity index (χ1) is 10.6. The number of carbonyl (C=O) groups is 3. The highest BCUT2D eigenvalue weighted by atomic mass is 16.5. The van der Waals surface area contributed by atoms with Gasteiger partial charge in [0.05, 0.1) is 12.2 Å². The van der Waals surface area contributed by atoms with E-state index in [1.165, 1.54) is 6.92 Å². The van der Waals surface area contributed by atoms with Crippen LogP contribution in [0.4, 0.5) is 0 Å². The number of aldehydes is 1. The summed E-state index contributed by atoms with van der Waals surface area (Å²) >= 11 is 0. The number of carbonyl (C=O) groups excluding carboxylic acids is 3. The fourth-order valence-electron chi connectivity index (χ4n) is 2.39. The van der Waals surface area contributed by atoms with Gasteiger partial charge >= 0.3 is 5.97 Å². The van der Waals surface area contributed by atoms with Crippen LogP contribution in [0.2, 0.25) is 0 Å². The van der Waals surface area contributed by atoms with Gasteiger partial charge in [-0.1, -0.05) is 18.2 Å². The Kier molecular flexibility index (Phi) is 4.93. The van der Waals surface area contributed by atoms with E-state index in [-0.39, 0.29) is 18.5 Å². The minimum atomic E-state index is -0.344. The molecule has 0 aliphatic heterocycles. The summed E-state index contributed by atoms with van der Waals surface area (Å²) in [4.78, 5) is 34.3. The van der Waals surface area contributed by atoms with Gasteiger partial charge in [0, 0.05) is 31.4 Å². The number of aryl methyl sites for hydroxylation is 1. The van der Waals surface area contributed by atoms with Crippen LogP contribution in [0, 0.1) is 0 Å². The third kappa shape index (κ3) is 3.16. The van der Waals surface area contributed by atoms with Crippen molar-refractivity contribution in [2.24, 2.45) is 7.05 Å². The number of esters is 1. The lowest BCUT2D eigenvalue weighted by Gasteiger charge is -2.07. The molecular weight excluding hydrogens is 284 g/mol. The van der Waals surface area contributed by atoms with Gasteiger partial charge in [0.2, 0.25) is 0 Å². The minimum Gasteiger partial charge on any atom is -0.466 e. The number of rotatable bonds is 6. The van der Waals surface area contributed by atoms with Crippen molar-refractivity contribution in [3.05, 3.63) is 35.5 Å². The molecule has 0 atom stereocenters.